The van der Waals surface area contributed by atoms with Crippen LogP contribution in [-0.4, -0.2) is 17.3 Å². The first-order valence-electron chi connectivity index (χ1n) is 3.36. The molecule has 3 heteroatoms. The lowest BCUT2D eigenvalue weighted by atomic mass is 9.87. The van der Waals surface area contributed by atoms with Crippen LogP contribution in [-0.2, 0) is 14.4 Å². The van der Waals surface area contributed by atoms with Crippen molar-refractivity contribution in [1.82, 2.24) is 0 Å². The van der Waals surface area contributed by atoms with Crippen molar-refractivity contribution in [1.29, 1.82) is 0 Å². The summed E-state index contributed by atoms with van der Waals surface area (Å²) in [4.78, 5) is 32.3. The number of Topliss-reactive ketones (excluding diaryl/α,β-unsaturated/α-hetero) is 3. The lowest BCUT2D eigenvalue weighted by molar-refractivity contribution is -0.146. The van der Waals surface area contributed by atoms with E-state index in [0.717, 1.165) is 6.92 Å². The molecule has 0 fully saturated rings. The molecule has 0 rings (SSSR count). The second-order valence-corrected chi connectivity index (χ2v) is 3.46. The zero-order valence-corrected chi connectivity index (χ0v) is 7.22. The highest BCUT2D eigenvalue weighted by molar-refractivity contribution is 6.64. The van der Waals surface area contributed by atoms with E-state index in [9.17, 15) is 14.4 Å². The SMILES string of the molecule is CC(=O)C(=O)C(=O)C(C)(C)C. The van der Waals surface area contributed by atoms with Crippen LogP contribution in [0.25, 0.3) is 0 Å². The van der Waals surface area contributed by atoms with Gasteiger partial charge in [-0.25, -0.2) is 0 Å². The molecule has 0 aromatic carbocycles. The second kappa shape index (κ2) is 2.95. The van der Waals surface area contributed by atoms with Crippen LogP contribution in [0.5, 0.6) is 0 Å². The van der Waals surface area contributed by atoms with E-state index in [4.69, 9.17) is 0 Å². The Hall–Kier alpha value is -0.990. The maximum absolute atomic E-state index is 11.0. The van der Waals surface area contributed by atoms with Gasteiger partial charge in [0.2, 0.25) is 11.6 Å². The van der Waals surface area contributed by atoms with E-state index >= 15 is 0 Å². The van der Waals surface area contributed by atoms with E-state index in [1.165, 1.54) is 0 Å². The molecule has 3 nitrogen and oxygen atoms in total. The van der Waals surface area contributed by atoms with Gasteiger partial charge in [-0.15, -0.1) is 0 Å². The Morgan fingerprint density at radius 2 is 1.36 bits per heavy atom. The van der Waals surface area contributed by atoms with Gasteiger partial charge in [0.25, 0.3) is 5.78 Å². The molecule has 0 amide bonds. The van der Waals surface area contributed by atoms with E-state index in [1.54, 1.807) is 20.8 Å². The number of hydrogen-bond donors (Lipinski definition) is 0. The molecule has 0 aliphatic heterocycles. The zero-order valence-electron chi connectivity index (χ0n) is 7.22. The molecule has 0 N–H and O–H groups in total. The van der Waals surface area contributed by atoms with Crippen molar-refractivity contribution in [2.45, 2.75) is 27.7 Å². The van der Waals surface area contributed by atoms with Crippen LogP contribution in [0.15, 0.2) is 0 Å². The highest BCUT2D eigenvalue weighted by Gasteiger charge is 2.30. The molecule has 0 bridgehead atoms. The molecular weight excluding hydrogens is 144 g/mol. The molecule has 0 spiro atoms. The minimum Gasteiger partial charge on any atom is -0.291 e. The van der Waals surface area contributed by atoms with Crippen molar-refractivity contribution >= 4 is 17.3 Å². The normalized spacial score (nSPS) is 10.9. The first-order chi connectivity index (χ1) is 4.76. The molecule has 0 saturated heterocycles. The van der Waals surface area contributed by atoms with Gasteiger partial charge < -0.3 is 0 Å². The van der Waals surface area contributed by atoms with Crippen molar-refractivity contribution in [3.63, 3.8) is 0 Å². The summed E-state index contributed by atoms with van der Waals surface area (Å²) in [5.41, 5.74) is -0.747. The molecule has 0 aliphatic rings. The summed E-state index contributed by atoms with van der Waals surface area (Å²) < 4.78 is 0. The summed E-state index contributed by atoms with van der Waals surface area (Å²) >= 11 is 0. The van der Waals surface area contributed by atoms with Crippen molar-refractivity contribution in [2.75, 3.05) is 0 Å². The highest BCUT2D eigenvalue weighted by Crippen LogP contribution is 2.14. The average Bonchev–Trinajstić information content (AvgIpc) is 1.82. The van der Waals surface area contributed by atoms with Gasteiger partial charge in [-0.05, 0) is 0 Å². The molecule has 0 aromatic heterocycles. The van der Waals surface area contributed by atoms with E-state index in [0.29, 0.717) is 0 Å². The third kappa shape index (κ3) is 2.62. The van der Waals surface area contributed by atoms with Gasteiger partial charge in [0.05, 0.1) is 0 Å². The predicted octanol–water partition coefficient (Wildman–Crippen LogP) is 0.760. The number of carbonyl (C=O) groups excluding carboxylic acids is 3. The van der Waals surface area contributed by atoms with Crippen molar-refractivity contribution < 1.29 is 14.4 Å². The summed E-state index contributed by atoms with van der Waals surface area (Å²) in [5, 5.41) is 0. The first kappa shape index (κ1) is 10.0. The Kier molecular flexibility index (Phi) is 2.68. The minimum atomic E-state index is -0.905. The van der Waals surface area contributed by atoms with Crippen molar-refractivity contribution in [3.05, 3.63) is 0 Å². The molecule has 11 heavy (non-hydrogen) atoms. The van der Waals surface area contributed by atoms with Crippen molar-refractivity contribution in [2.24, 2.45) is 5.41 Å². The largest absolute Gasteiger partial charge is 0.291 e. The molecule has 0 atom stereocenters. The monoisotopic (exact) mass is 156 g/mol. The van der Waals surface area contributed by atoms with Crippen LogP contribution in [0, 0.1) is 5.41 Å². The van der Waals surface area contributed by atoms with Gasteiger partial charge in [0, 0.05) is 12.3 Å². The van der Waals surface area contributed by atoms with Gasteiger partial charge in [0.1, 0.15) is 0 Å². The molecule has 0 saturated carbocycles. The smallest absolute Gasteiger partial charge is 0.264 e. The maximum Gasteiger partial charge on any atom is 0.264 e. The van der Waals surface area contributed by atoms with Gasteiger partial charge >= 0.3 is 0 Å². The lowest BCUT2D eigenvalue weighted by Gasteiger charge is -2.13. The number of hydrogen-bond acceptors (Lipinski definition) is 3. The fourth-order valence-corrected chi connectivity index (χ4v) is 0.500. The second-order valence-electron chi connectivity index (χ2n) is 3.46. The Bertz CT molecular complexity index is 208. The van der Waals surface area contributed by atoms with Crippen LogP contribution >= 0.6 is 0 Å². The lowest BCUT2D eigenvalue weighted by Crippen LogP contribution is -2.32. The quantitative estimate of drug-likeness (QED) is 0.438. The summed E-state index contributed by atoms with van der Waals surface area (Å²) in [7, 11) is 0. The molecule has 0 unspecified atom stereocenters. The van der Waals surface area contributed by atoms with E-state index in [1.807, 2.05) is 0 Å². The first-order valence-corrected chi connectivity index (χ1v) is 3.36. The Labute approximate surface area is 65.8 Å². The molecule has 0 aromatic rings. The Balaban J connectivity index is 4.53. The number of rotatable bonds is 2. The number of ketones is 3. The topological polar surface area (TPSA) is 51.2 Å². The summed E-state index contributed by atoms with van der Waals surface area (Å²) in [6.45, 7) is 5.93. The fourth-order valence-electron chi connectivity index (χ4n) is 0.500. The Morgan fingerprint density at radius 3 is 1.45 bits per heavy atom. The van der Waals surface area contributed by atoms with Gasteiger partial charge in [-0.2, -0.15) is 0 Å². The highest BCUT2D eigenvalue weighted by atomic mass is 16.2. The van der Waals surface area contributed by atoms with Crippen LogP contribution in [0.2, 0.25) is 0 Å². The third-order valence-corrected chi connectivity index (χ3v) is 1.21. The van der Waals surface area contributed by atoms with Crippen molar-refractivity contribution in [3.8, 4) is 0 Å². The van der Waals surface area contributed by atoms with Gasteiger partial charge in [-0.3, -0.25) is 14.4 Å². The summed E-state index contributed by atoms with van der Waals surface area (Å²) in [6.07, 6.45) is 0. The molecule has 62 valence electrons. The maximum atomic E-state index is 11.0. The van der Waals surface area contributed by atoms with Gasteiger partial charge in [0.15, 0.2) is 0 Å². The zero-order chi connectivity index (χ0) is 9.23. The number of carbonyl (C=O) groups is 3. The molecular formula is C8H12O3. The van der Waals surface area contributed by atoms with Gasteiger partial charge in [-0.1, -0.05) is 20.8 Å². The minimum absolute atomic E-state index is 0.620. The molecule has 0 radical (unpaired) electrons. The van der Waals surface area contributed by atoms with Crippen LogP contribution in [0.3, 0.4) is 0 Å². The van der Waals surface area contributed by atoms with E-state index < -0.39 is 22.8 Å². The fraction of sp³-hybridized carbons (Fsp3) is 0.625. The van der Waals surface area contributed by atoms with E-state index in [-0.39, 0.29) is 0 Å². The third-order valence-electron chi connectivity index (χ3n) is 1.21. The molecule has 0 aliphatic carbocycles. The van der Waals surface area contributed by atoms with Crippen LogP contribution < -0.4 is 0 Å². The van der Waals surface area contributed by atoms with Crippen LogP contribution in [0.1, 0.15) is 27.7 Å². The predicted molar refractivity (Wildman–Crippen MR) is 40.2 cm³/mol. The van der Waals surface area contributed by atoms with Crippen LogP contribution in [0.4, 0.5) is 0 Å². The average molecular weight is 156 g/mol. The summed E-state index contributed by atoms with van der Waals surface area (Å²) in [6, 6.07) is 0. The van der Waals surface area contributed by atoms with E-state index in [2.05, 4.69) is 0 Å². The standard InChI is InChI=1S/C8H12O3/c1-5(9)6(10)7(11)8(2,3)4/h1-4H3. The Morgan fingerprint density at radius 1 is 1.00 bits per heavy atom. The summed E-state index contributed by atoms with van der Waals surface area (Å²) in [5.74, 6) is -2.22. The molecule has 0 heterocycles.